The van der Waals surface area contributed by atoms with Gasteiger partial charge in [0, 0.05) is 6.54 Å². The fourth-order valence-electron chi connectivity index (χ4n) is 4.01. The Labute approximate surface area is 118 Å². The predicted octanol–water partition coefficient (Wildman–Crippen LogP) is 0.708. The van der Waals surface area contributed by atoms with Crippen LogP contribution in [0.3, 0.4) is 0 Å². The van der Waals surface area contributed by atoms with Crippen molar-refractivity contribution < 1.29 is 14.4 Å². The second-order valence-corrected chi connectivity index (χ2v) is 5.86. The van der Waals surface area contributed by atoms with Crippen LogP contribution < -0.4 is 5.32 Å². The van der Waals surface area contributed by atoms with Crippen molar-refractivity contribution in [2.24, 2.45) is 23.7 Å². The number of nitrogens with zero attached hydrogens (tertiary/aromatic N) is 1. The molecule has 2 bridgehead atoms. The van der Waals surface area contributed by atoms with Crippen molar-refractivity contribution in [2.45, 2.75) is 32.7 Å². The van der Waals surface area contributed by atoms with Crippen molar-refractivity contribution in [3.63, 3.8) is 0 Å². The van der Waals surface area contributed by atoms with Gasteiger partial charge in [-0.05, 0) is 31.6 Å². The Balaban J connectivity index is 1.87. The number of imide groups is 1. The molecule has 2 fully saturated rings. The highest BCUT2D eigenvalue weighted by atomic mass is 16.2. The molecule has 0 aromatic carbocycles. The maximum Gasteiger partial charge on any atom is 0.243 e. The van der Waals surface area contributed by atoms with E-state index in [0.29, 0.717) is 13.0 Å². The Kier molecular flexibility index (Phi) is 3.15. The second-order valence-electron chi connectivity index (χ2n) is 5.86. The third-order valence-corrected chi connectivity index (χ3v) is 4.86. The summed E-state index contributed by atoms with van der Waals surface area (Å²) in [6, 6.07) is -0.653. The monoisotopic (exact) mass is 276 g/mol. The molecule has 3 rings (SSSR count). The first kappa shape index (κ1) is 13.3. The highest BCUT2D eigenvalue weighted by Gasteiger charge is 2.60. The number of fused-ring (bicyclic) bond motifs is 5. The molecule has 5 nitrogen and oxygen atoms in total. The molecule has 1 saturated heterocycles. The summed E-state index contributed by atoms with van der Waals surface area (Å²) in [6.07, 6.45) is 5.51. The van der Waals surface area contributed by atoms with Crippen molar-refractivity contribution in [2.75, 3.05) is 6.54 Å². The molecule has 20 heavy (non-hydrogen) atoms. The molecule has 1 heterocycles. The van der Waals surface area contributed by atoms with Crippen molar-refractivity contribution in [3.05, 3.63) is 12.2 Å². The summed E-state index contributed by atoms with van der Waals surface area (Å²) in [6.45, 7) is 4.17. The fraction of sp³-hybridized carbons (Fsp3) is 0.667. The van der Waals surface area contributed by atoms with E-state index in [4.69, 9.17) is 0 Å². The largest absolute Gasteiger partial charge is 0.355 e. The number of allylic oxidation sites excluding steroid dienone is 2. The molecule has 108 valence electrons. The Morgan fingerprint density at radius 2 is 1.80 bits per heavy atom. The van der Waals surface area contributed by atoms with Gasteiger partial charge >= 0.3 is 0 Å². The molecular formula is C15H20N2O3. The van der Waals surface area contributed by atoms with Crippen LogP contribution >= 0.6 is 0 Å². The molecular weight excluding hydrogens is 256 g/mol. The van der Waals surface area contributed by atoms with Gasteiger partial charge in [0.05, 0.1) is 11.8 Å². The number of carbonyl (C=O) groups is 3. The van der Waals surface area contributed by atoms with Crippen LogP contribution in [-0.2, 0) is 14.4 Å². The number of hydrogen-bond acceptors (Lipinski definition) is 3. The fourth-order valence-corrected chi connectivity index (χ4v) is 4.01. The van der Waals surface area contributed by atoms with Gasteiger partial charge in [0.1, 0.15) is 6.04 Å². The molecule has 3 amide bonds. The van der Waals surface area contributed by atoms with Gasteiger partial charge in [0.15, 0.2) is 0 Å². The smallest absolute Gasteiger partial charge is 0.243 e. The highest BCUT2D eigenvalue weighted by Crippen LogP contribution is 2.52. The van der Waals surface area contributed by atoms with Gasteiger partial charge in [-0.25, -0.2) is 0 Å². The van der Waals surface area contributed by atoms with Crippen LogP contribution in [0.2, 0.25) is 0 Å². The molecule has 0 spiro atoms. The molecule has 1 N–H and O–H groups in total. The lowest BCUT2D eigenvalue weighted by Gasteiger charge is -2.25. The lowest BCUT2D eigenvalue weighted by molar-refractivity contribution is -0.148. The van der Waals surface area contributed by atoms with E-state index in [2.05, 4.69) is 17.5 Å². The SMILES string of the molecule is CCNC(=O)C(CC)N1C(=O)C2C3C=CC(C3)C2C1=O. The minimum absolute atomic E-state index is 0.144. The summed E-state index contributed by atoms with van der Waals surface area (Å²) >= 11 is 0. The lowest BCUT2D eigenvalue weighted by atomic mass is 9.85. The lowest BCUT2D eigenvalue weighted by Crippen LogP contribution is -2.50. The molecule has 3 aliphatic rings. The maximum atomic E-state index is 12.6. The van der Waals surface area contributed by atoms with Crippen molar-refractivity contribution >= 4 is 17.7 Å². The third kappa shape index (κ3) is 1.65. The Morgan fingerprint density at radius 1 is 1.25 bits per heavy atom. The van der Waals surface area contributed by atoms with E-state index in [-0.39, 0.29) is 41.4 Å². The topological polar surface area (TPSA) is 66.5 Å². The normalized spacial score (nSPS) is 35.6. The first-order valence-electron chi connectivity index (χ1n) is 7.43. The maximum absolute atomic E-state index is 12.6. The van der Waals surface area contributed by atoms with Gasteiger partial charge in [-0.1, -0.05) is 19.1 Å². The average molecular weight is 276 g/mol. The van der Waals surface area contributed by atoms with Crippen LogP contribution in [0.5, 0.6) is 0 Å². The van der Waals surface area contributed by atoms with Crippen LogP contribution in [0.25, 0.3) is 0 Å². The van der Waals surface area contributed by atoms with Gasteiger partial charge < -0.3 is 5.32 Å². The molecule has 0 aromatic heterocycles. The molecule has 2 aliphatic carbocycles. The zero-order chi connectivity index (χ0) is 14.4. The van der Waals surface area contributed by atoms with Crippen LogP contribution in [-0.4, -0.2) is 35.2 Å². The highest BCUT2D eigenvalue weighted by molar-refractivity contribution is 6.09. The van der Waals surface area contributed by atoms with E-state index in [1.165, 1.54) is 4.90 Å². The first-order valence-corrected chi connectivity index (χ1v) is 7.43. The Morgan fingerprint density at radius 3 is 2.25 bits per heavy atom. The Hall–Kier alpha value is -1.65. The number of likely N-dealkylation sites (N-methyl/N-ethyl adjacent to an activating group) is 1. The molecule has 1 aliphatic heterocycles. The summed E-state index contributed by atoms with van der Waals surface area (Å²) in [5, 5.41) is 2.72. The first-order chi connectivity index (χ1) is 9.60. The van der Waals surface area contributed by atoms with Gasteiger partial charge in [-0.3, -0.25) is 19.3 Å². The Bertz CT molecular complexity index is 469. The molecule has 5 atom stereocenters. The summed E-state index contributed by atoms with van der Waals surface area (Å²) in [5.41, 5.74) is 0. The molecule has 5 heteroatoms. The molecule has 1 saturated carbocycles. The average Bonchev–Trinajstić information content (AvgIpc) is 3.08. The van der Waals surface area contributed by atoms with E-state index in [9.17, 15) is 14.4 Å². The summed E-state index contributed by atoms with van der Waals surface area (Å²) in [7, 11) is 0. The van der Waals surface area contributed by atoms with Gasteiger partial charge in [-0.15, -0.1) is 0 Å². The van der Waals surface area contributed by atoms with Gasteiger partial charge in [-0.2, -0.15) is 0 Å². The van der Waals surface area contributed by atoms with Crippen LogP contribution in [0.1, 0.15) is 26.7 Å². The molecule has 5 unspecified atom stereocenters. The van der Waals surface area contributed by atoms with E-state index >= 15 is 0 Å². The van der Waals surface area contributed by atoms with E-state index in [0.717, 1.165) is 6.42 Å². The van der Waals surface area contributed by atoms with Crippen molar-refractivity contribution in [1.29, 1.82) is 0 Å². The number of carbonyl (C=O) groups excluding carboxylic acids is 3. The minimum Gasteiger partial charge on any atom is -0.355 e. The predicted molar refractivity (Wildman–Crippen MR) is 72.3 cm³/mol. The quantitative estimate of drug-likeness (QED) is 0.607. The van der Waals surface area contributed by atoms with Gasteiger partial charge in [0.2, 0.25) is 17.7 Å². The van der Waals surface area contributed by atoms with E-state index in [1.807, 2.05) is 13.8 Å². The van der Waals surface area contributed by atoms with Crippen LogP contribution in [0.4, 0.5) is 0 Å². The zero-order valence-electron chi connectivity index (χ0n) is 11.8. The summed E-state index contributed by atoms with van der Waals surface area (Å²) in [5.74, 6) is -0.569. The standard InChI is InChI=1S/C15H20N2O3/c1-3-10(13(18)16-4-2)17-14(19)11-8-5-6-9(7-8)12(11)15(17)20/h5-6,8-12H,3-4,7H2,1-2H3,(H,16,18). The molecule has 0 aromatic rings. The number of rotatable bonds is 4. The molecule has 0 radical (unpaired) electrons. The third-order valence-electron chi connectivity index (χ3n) is 4.86. The minimum atomic E-state index is -0.653. The van der Waals surface area contributed by atoms with Gasteiger partial charge in [0.25, 0.3) is 0 Å². The number of nitrogens with one attached hydrogen (secondary N) is 1. The van der Waals surface area contributed by atoms with Crippen LogP contribution in [0, 0.1) is 23.7 Å². The zero-order valence-corrected chi connectivity index (χ0v) is 11.8. The van der Waals surface area contributed by atoms with Crippen LogP contribution in [0.15, 0.2) is 12.2 Å². The van der Waals surface area contributed by atoms with Crippen molar-refractivity contribution in [1.82, 2.24) is 10.2 Å². The summed E-state index contributed by atoms with van der Waals surface area (Å²) in [4.78, 5) is 38.5. The summed E-state index contributed by atoms with van der Waals surface area (Å²) < 4.78 is 0. The number of likely N-dealkylation sites (tertiary alicyclic amines) is 1. The van der Waals surface area contributed by atoms with E-state index in [1.54, 1.807) is 0 Å². The number of amides is 3. The van der Waals surface area contributed by atoms with Crippen molar-refractivity contribution in [3.8, 4) is 0 Å². The second kappa shape index (κ2) is 4.72. The van der Waals surface area contributed by atoms with E-state index < -0.39 is 6.04 Å². The number of hydrogen-bond donors (Lipinski definition) is 1.